The van der Waals surface area contributed by atoms with Crippen molar-refractivity contribution >= 4 is 31.5 Å². The molecule has 2 aliphatic rings. The first-order valence-corrected chi connectivity index (χ1v) is 20.0. The highest BCUT2D eigenvalue weighted by Gasteiger charge is 2.42. The number of aryl methyl sites for hydroxylation is 2. The van der Waals surface area contributed by atoms with Gasteiger partial charge in [-0.05, 0) is 104 Å². The van der Waals surface area contributed by atoms with Crippen LogP contribution in [0.15, 0.2) is 146 Å². The smallest absolute Gasteiger partial charge is 0.131 e. The van der Waals surface area contributed by atoms with E-state index < -0.39 is 10.8 Å². The quantitative estimate of drug-likeness (QED) is 0.170. The lowest BCUT2D eigenvalue weighted by molar-refractivity contribution is 0.427. The number of hydrogen-bond acceptors (Lipinski definition) is 3. The molecule has 3 heterocycles. The Labute approximate surface area is 321 Å². The minimum absolute atomic E-state index is 0.407. The van der Waals surface area contributed by atoms with Crippen LogP contribution in [0.25, 0.3) is 31.3 Å². The molecule has 0 radical (unpaired) electrons. The molecular weight excluding hydrogens is 677 g/mol. The third-order valence-electron chi connectivity index (χ3n) is 12.3. The molecule has 8 aromatic rings. The summed E-state index contributed by atoms with van der Waals surface area (Å²) in [6, 6.07) is 53.3. The van der Waals surface area contributed by atoms with Gasteiger partial charge in [-0.2, -0.15) is 0 Å². The molecular formula is C51H42O2S. The Hall–Kier alpha value is -5.64. The molecule has 7 aromatic carbocycles. The maximum atomic E-state index is 6.57. The fourth-order valence-electron chi connectivity index (χ4n) is 9.28. The Kier molecular flexibility index (Phi) is 7.61. The first-order chi connectivity index (χ1) is 26.4. The van der Waals surface area contributed by atoms with Gasteiger partial charge in [0.15, 0.2) is 0 Å². The molecule has 54 heavy (non-hydrogen) atoms. The molecule has 2 aliphatic heterocycles. The number of unbranched alkanes of at least 4 members (excludes halogenated alkanes) is 1. The molecule has 2 nitrogen and oxygen atoms in total. The van der Waals surface area contributed by atoms with Crippen LogP contribution >= 0.6 is 11.3 Å². The van der Waals surface area contributed by atoms with Crippen molar-refractivity contribution in [2.45, 2.75) is 57.8 Å². The Morgan fingerprint density at radius 1 is 0.500 bits per heavy atom. The zero-order valence-corrected chi connectivity index (χ0v) is 32.0. The summed E-state index contributed by atoms with van der Waals surface area (Å²) in [5, 5.41) is 2.64. The van der Waals surface area contributed by atoms with Gasteiger partial charge in [0.2, 0.25) is 0 Å². The van der Waals surface area contributed by atoms with Crippen LogP contribution < -0.4 is 9.47 Å². The fraction of sp³-hybridized carbons (Fsp3) is 0.176. The van der Waals surface area contributed by atoms with Crippen molar-refractivity contribution in [3.8, 4) is 34.1 Å². The second kappa shape index (κ2) is 12.5. The summed E-state index contributed by atoms with van der Waals surface area (Å²) in [6.45, 7) is 9.33. The van der Waals surface area contributed by atoms with Crippen molar-refractivity contribution in [1.82, 2.24) is 0 Å². The second-order valence-corrected chi connectivity index (χ2v) is 16.4. The first-order valence-electron chi connectivity index (χ1n) is 19.2. The van der Waals surface area contributed by atoms with Gasteiger partial charge in [-0.1, -0.05) is 116 Å². The summed E-state index contributed by atoms with van der Waals surface area (Å²) in [6.07, 6.45) is 3.32. The van der Waals surface area contributed by atoms with Crippen LogP contribution in [-0.2, 0) is 17.3 Å². The number of thiophene rings is 1. The zero-order chi connectivity index (χ0) is 36.6. The lowest BCUT2D eigenvalue weighted by Gasteiger charge is -2.38. The molecule has 1 aromatic heterocycles. The van der Waals surface area contributed by atoms with E-state index in [1.165, 1.54) is 75.8 Å². The third-order valence-corrected chi connectivity index (χ3v) is 13.6. The highest BCUT2D eigenvalue weighted by Crippen LogP contribution is 2.56. The Morgan fingerprint density at radius 3 is 1.44 bits per heavy atom. The van der Waals surface area contributed by atoms with E-state index in [4.69, 9.17) is 9.47 Å². The molecule has 0 saturated carbocycles. The molecule has 0 bridgehead atoms. The van der Waals surface area contributed by atoms with Crippen LogP contribution in [0.4, 0.5) is 0 Å². The van der Waals surface area contributed by atoms with Gasteiger partial charge >= 0.3 is 0 Å². The highest BCUT2D eigenvalue weighted by molar-refractivity contribution is 7.26. The van der Waals surface area contributed by atoms with Gasteiger partial charge in [0.05, 0.1) is 0 Å². The average molecular weight is 719 g/mol. The Bertz CT molecular complexity index is 2680. The fourth-order valence-corrected chi connectivity index (χ4v) is 10.6. The Balaban J connectivity index is 1.32. The topological polar surface area (TPSA) is 18.5 Å². The minimum atomic E-state index is -0.446. The molecule has 0 N–H and O–H groups in total. The van der Waals surface area contributed by atoms with E-state index in [0.29, 0.717) is 0 Å². The van der Waals surface area contributed by atoms with E-state index in [2.05, 4.69) is 173 Å². The van der Waals surface area contributed by atoms with E-state index in [1.54, 1.807) is 0 Å². The number of benzene rings is 7. The molecule has 3 heteroatoms. The molecule has 264 valence electrons. The number of para-hydroxylation sites is 4. The summed E-state index contributed by atoms with van der Waals surface area (Å²) in [4.78, 5) is 0. The third kappa shape index (κ3) is 4.77. The van der Waals surface area contributed by atoms with Crippen LogP contribution in [0.2, 0.25) is 0 Å². The lowest BCUT2D eigenvalue weighted by Crippen LogP contribution is -2.29. The van der Waals surface area contributed by atoms with Crippen molar-refractivity contribution in [2.75, 3.05) is 0 Å². The number of hydrogen-bond donors (Lipinski definition) is 0. The molecule has 0 aliphatic carbocycles. The maximum absolute atomic E-state index is 6.57. The summed E-state index contributed by atoms with van der Waals surface area (Å²) in [7, 11) is 0. The van der Waals surface area contributed by atoms with E-state index in [-0.39, 0.29) is 0 Å². The van der Waals surface area contributed by atoms with Crippen LogP contribution in [0.3, 0.4) is 0 Å². The average Bonchev–Trinajstić information content (AvgIpc) is 3.59. The number of ether oxygens (including phenoxy) is 2. The molecule has 0 amide bonds. The molecule has 0 spiro atoms. The standard InChI is InChI=1S/C51H42O2S/c1-5-6-18-33-28-34(50(3)40-20-9-13-24-44(40)52-45-25-14-10-21-41(45)50)29-38-39-31-35(30-37(49(39)54-48(33)38)36-19-8-7-17-32(36)2)51(4)42-22-11-15-26-46(42)53-47-27-16-12-23-43(47)51/h7-17,19-31H,5-6,18H2,1-4H3. The monoisotopic (exact) mass is 718 g/mol. The zero-order valence-electron chi connectivity index (χ0n) is 31.2. The van der Waals surface area contributed by atoms with Crippen molar-refractivity contribution in [3.05, 3.63) is 190 Å². The van der Waals surface area contributed by atoms with Gasteiger partial charge in [-0.25, -0.2) is 0 Å². The summed E-state index contributed by atoms with van der Waals surface area (Å²) < 4.78 is 15.9. The van der Waals surface area contributed by atoms with Gasteiger partial charge in [0.1, 0.15) is 23.0 Å². The predicted molar refractivity (Wildman–Crippen MR) is 225 cm³/mol. The SMILES string of the molecule is CCCCc1cc(C2(C)c3ccccc3Oc3ccccc32)cc2c1sc1c(-c3ccccc3C)cc(C3(C)c4ccccc4Oc4ccccc43)cc12. The second-order valence-electron chi connectivity index (χ2n) is 15.4. The predicted octanol–water partition coefficient (Wildman–Crippen LogP) is 14.3. The largest absolute Gasteiger partial charge is 0.457 e. The van der Waals surface area contributed by atoms with E-state index in [0.717, 1.165) is 42.3 Å². The van der Waals surface area contributed by atoms with Crippen molar-refractivity contribution in [3.63, 3.8) is 0 Å². The summed E-state index contributed by atoms with van der Waals surface area (Å²) in [5.41, 5.74) is 11.8. The van der Waals surface area contributed by atoms with Crippen molar-refractivity contribution < 1.29 is 9.47 Å². The first kappa shape index (κ1) is 33.0. The normalized spacial score (nSPS) is 14.7. The summed E-state index contributed by atoms with van der Waals surface area (Å²) in [5.74, 6) is 3.69. The number of fused-ring (bicyclic) bond motifs is 7. The molecule has 10 rings (SSSR count). The minimum Gasteiger partial charge on any atom is -0.457 e. The van der Waals surface area contributed by atoms with Gasteiger partial charge in [-0.3, -0.25) is 0 Å². The van der Waals surface area contributed by atoms with Gasteiger partial charge < -0.3 is 9.47 Å². The van der Waals surface area contributed by atoms with Crippen molar-refractivity contribution in [2.24, 2.45) is 0 Å². The van der Waals surface area contributed by atoms with Crippen molar-refractivity contribution in [1.29, 1.82) is 0 Å². The molecule has 0 atom stereocenters. The number of rotatable bonds is 6. The molecule has 0 fully saturated rings. The van der Waals surface area contributed by atoms with Gasteiger partial charge in [-0.15, -0.1) is 11.3 Å². The Morgan fingerprint density at radius 2 is 0.944 bits per heavy atom. The molecule has 0 saturated heterocycles. The lowest BCUT2D eigenvalue weighted by atomic mass is 9.68. The van der Waals surface area contributed by atoms with Crippen LogP contribution in [0.5, 0.6) is 23.0 Å². The van der Waals surface area contributed by atoms with E-state index >= 15 is 0 Å². The van der Waals surface area contributed by atoms with Crippen LogP contribution in [0.1, 0.15) is 78.1 Å². The maximum Gasteiger partial charge on any atom is 0.131 e. The van der Waals surface area contributed by atoms with Gasteiger partial charge in [0.25, 0.3) is 0 Å². The highest BCUT2D eigenvalue weighted by atomic mass is 32.1. The van der Waals surface area contributed by atoms with E-state index in [9.17, 15) is 0 Å². The van der Waals surface area contributed by atoms with Crippen LogP contribution in [0, 0.1) is 6.92 Å². The van der Waals surface area contributed by atoms with E-state index in [1.807, 2.05) is 11.3 Å². The van der Waals surface area contributed by atoms with Crippen LogP contribution in [-0.4, -0.2) is 0 Å². The summed E-state index contributed by atoms with van der Waals surface area (Å²) >= 11 is 1.97. The molecule has 0 unspecified atom stereocenters. The van der Waals surface area contributed by atoms with Gasteiger partial charge in [0, 0.05) is 58.8 Å².